The number of ketones is 1. The van der Waals surface area contributed by atoms with Crippen LogP contribution in [0, 0.1) is 0 Å². The molecule has 3 aromatic carbocycles. The molecule has 0 heterocycles. The van der Waals surface area contributed by atoms with Crippen molar-refractivity contribution < 1.29 is 23.9 Å². The van der Waals surface area contributed by atoms with E-state index in [0.717, 1.165) is 54.6 Å². The normalized spacial score (nSPS) is 11.2. The second kappa shape index (κ2) is 15.6. The molecule has 0 aromatic heterocycles. The topological polar surface area (TPSA) is 140 Å². The fraction of sp³-hybridized carbons (Fsp3) is 0.267. The van der Waals surface area contributed by atoms with Gasteiger partial charge in [0.15, 0.2) is 5.78 Å². The van der Waals surface area contributed by atoms with E-state index in [1.165, 1.54) is 7.11 Å². The summed E-state index contributed by atoms with van der Waals surface area (Å²) in [5, 5.41) is 8.75. The van der Waals surface area contributed by atoms with Crippen molar-refractivity contribution in [3.8, 4) is 0 Å². The maximum absolute atomic E-state index is 13.4. The number of methoxy groups -OCH3 is 1. The number of unbranched alkanes of at least 4 members (excludes halogenated alkanes) is 2. The van der Waals surface area contributed by atoms with Crippen LogP contribution in [0.25, 0.3) is 0 Å². The number of benzene rings is 3. The Balaban J connectivity index is 0.00000105. The van der Waals surface area contributed by atoms with Crippen LogP contribution >= 0.6 is 0 Å². The Morgan fingerprint density at radius 3 is 2.42 bits per heavy atom. The zero-order valence-corrected chi connectivity index (χ0v) is 24.6. The first-order chi connectivity index (χ1) is 19.0. The zero-order valence-electron chi connectivity index (χ0n) is 22.2. The molecule has 1 aliphatic carbocycles. The van der Waals surface area contributed by atoms with E-state index >= 15 is 0 Å². The van der Waals surface area contributed by atoms with Crippen LogP contribution in [-0.4, -0.2) is 44.8 Å². The Hall–Kier alpha value is -5.66. The number of carbonyl (C=O) groups excluding carboxylic acids is 4. The average molecular weight is 787 g/mol. The molecule has 3 aromatic rings. The van der Waals surface area contributed by atoms with Gasteiger partial charge in [-0.25, -0.2) is 0 Å². The molecule has 10 heteroatoms. The molecule has 0 spiro atoms. The van der Waals surface area contributed by atoms with Gasteiger partial charge in [-0.3, -0.25) is 14.4 Å². The third-order valence-corrected chi connectivity index (χ3v) is 6.30. The molecule has 0 atom stereocenters. The number of amides is 2. The molecule has 1 aliphatic rings. The minimum absolute atomic E-state index is 0. The van der Waals surface area contributed by atoms with Crippen LogP contribution in [0.4, 0.5) is 17.1 Å². The second-order valence-corrected chi connectivity index (χ2v) is 8.96. The maximum Gasteiger partial charge on any atom is 0.292 e. The van der Waals surface area contributed by atoms with Gasteiger partial charge in [-0.2, -0.15) is 6.41 Å². The molecule has 216 valence electrons. The number of fused-ring (bicyclic) bond motifs is 2. The number of hydrogen-bond acceptors (Lipinski definition) is 7. The smallest absolute Gasteiger partial charge is 0.292 e. The van der Waals surface area contributed by atoms with Gasteiger partial charge >= 0.3 is 0 Å². The van der Waals surface area contributed by atoms with Gasteiger partial charge < -0.3 is 31.2 Å². The predicted molar refractivity (Wildman–Crippen MR) is 151 cm³/mol. The number of carbonyl (C=O) groups is 3. The maximum atomic E-state index is 13.4. The Labute approximate surface area is 228 Å². The fourth-order valence-corrected chi connectivity index (χ4v) is 4.30. The molecule has 9 nitrogen and oxygen atoms in total. The van der Waals surface area contributed by atoms with Gasteiger partial charge in [0.1, 0.15) is 0 Å². The number of para-hydroxylation sites is 2. The van der Waals surface area contributed by atoms with Crippen molar-refractivity contribution in [2.45, 2.75) is 32.1 Å². The van der Waals surface area contributed by atoms with E-state index in [1.807, 2.05) is 48.5 Å². The van der Waals surface area contributed by atoms with Crippen molar-refractivity contribution in [3.63, 3.8) is 0 Å². The number of hydrogen-bond donors (Lipinski definition) is 4. The van der Waals surface area contributed by atoms with Crippen molar-refractivity contribution in [1.29, 1.82) is 0 Å². The largest absolute Gasteiger partial charge is 0.530 e. The second-order valence-electron chi connectivity index (χ2n) is 8.96. The molecule has 0 bridgehead atoms. The van der Waals surface area contributed by atoms with E-state index in [0.29, 0.717) is 41.9 Å². The molecular weight excluding hydrogens is 753 g/mol. The van der Waals surface area contributed by atoms with Crippen LogP contribution in [0.1, 0.15) is 56.7 Å². The summed E-state index contributed by atoms with van der Waals surface area (Å²) in [5.41, 5.74) is 12.0. The molecule has 0 saturated heterocycles. The van der Waals surface area contributed by atoms with Gasteiger partial charge in [-0.1, -0.05) is 24.6 Å². The summed E-state index contributed by atoms with van der Waals surface area (Å²) in [6, 6.07) is 18.7. The summed E-state index contributed by atoms with van der Waals surface area (Å²) < 4.78 is 3.86. The number of nitrogens with two attached hydrogens (primary N) is 1. The van der Waals surface area contributed by atoms with Crippen LogP contribution in [0.5, 0.6) is 0 Å². The Bertz CT molecular complexity index is 1320. The fourth-order valence-electron chi connectivity index (χ4n) is 4.30. The van der Waals surface area contributed by atoms with Gasteiger partial charge in [0.2, 0.25) is 0 Å². The zero-order chi connectivity index (χ0) is 28.0. The van der Waals surface area contributed by atoms with Gasteiger partial charge in [-0.15, -0.1) is 0 Å². The summed E-state index contributed by atoms with van der Waals surface area (Å²) in [4.78, 5) is 45.1. The average Bonchev–Trinajstić information content (AvgIpc) is 3.09. The number of aryl methyl sites for hydroxylation is 2. The van der Waals surface area contributed by atoms with Gasteiger partial charge in [0.25, 0.3) is 12.4 Å². The number of nitrogen functional groups attached to an aromatic ring is 1. The van der Waals surface area contributed by atoms with Crippen molar-refractivity contribution >= 4 is 41.6 Å². The third kappa shape index (κ3) is 8.17. The Morgan fingerprint density at radius 1 is 0.975 bits per heavy atom. The van der Waals surface area contributed by atoms with Crippen molar-refractivity contribution in [2.24, 2.45) is 0 Å². The number of rotatable bonds is 11. The summed E-state index contributed by atoms with van der Waals surface area (Å²) in [6.45, 7) is 1.50. The monoisotopic (exact) mass is 786 g/mol. The third-order valence-electron chi connectivity index (χ3n) is 6.30. The quantitative estimate of drug-likeness (QED) is 0.0765. The molecule has 0 radical (unpaired) electrons. The van der Waals surface area contributed by atoms with E-state index in [4.69, 9.17) is 10.5 Å². The SMILES string of the molecule is COC=O.Nc1ccccc1Nc1ccc2c(c1)CCc1ccc(C(=O)NCCCCCN[C-]=O)cc1C2=O.[Fm]. The van der Waals surface area contributed by atoms with Crippen molar-refractivity contribution in [1.82, 2.24) is 10.6 Å². The van der Waals surface area contributed by atoms with E-state index in [-0.39, 0.29) is 11.7 Å². The molecular formula is C30H33FmN4O5-. The van der Waals surface area contributed by atoms with E-state index in [1.54, 1.807) is 18.5 Å². The first-order valence-electron chi connectivity index (χ1n) is 12.7. The molecule has 0 fully saturated rings. The van der Waals surface area contributed by atoms with Gasteiger partial charge in [0, 0.05) is 28.9 Å². The van der Waals surface area contributed by atoms with Crippen LogP contribution in [0.15, 0.2) is 60.7 Å². The summed E-state index contributed by atoms with van der Waals surface area (Å²) in [5.74, 6) is -0.253. The number of nitrogens with one attached hydrogen (secondary N) is 3. The summed E-state index contributed by atoms with van der Waals surface area (Å²) >= 11 is 0. The Kier molecular flexibility index (Phi) is 11.9. The van der Waals surface area contributed by atoms with Gasteiger partial charge in [-0.05, 0) is 85.8 Å². The molecule has 5 N–H and O–H groups in total. The summed E-state index contributed by atoms with van der Waals surface area (Å²) in [6.07, 6.45) is 5.65. The minimum Gasteiger partial charge on any atom is -0.530 e. The molecule has 4 rings (SSSR count). The standard InChI is InChI=1S/C28H29N4O3.C2H4O2.Fm/c29-25-6-2-3-7-26(25)32-22-12-13-23-20(16-22)10-8-19-9-11-21(17-24(19)27(23)34)28(35)31-15-5-1-4-14-30-18-33;1-4-2-3;/h2-3,6-7,9,11-13,16-17,32H,1,4-5,8,10,14-15,29H2,(H,30,33)(H,31,35);2H,1H3;/q-1;;. The van der Waals surface area contributed by atoms with E-state index in [2.05, 4.69) is 20.7 Å². The van der Waals surface area contributed by atoms with Crippen LogP contribution < -0.4 is 21.7 Å². The van der Waals surface area contributed by atoms with Crippen LogP contribution in [0.3, 0.4) is 0 Å². The van der Waals surface area contributed by atoms with E-state index in [9.17, 15) is 14.4 Å². The van der Waals surface area contributed by atoms with E-state index < -0.39 is 0 Å². The first kappa shape index (κ1) is 30.6. The van der Waals surface area contributed by atoms with Crippen molar-refractivity contribution in [3.05, 3.63) is 88.5 Å². The molecule has 0 aliphatic heterocycles. The minimum atomic E-state index is -0.190. The molecule has 0 unspecified atom stereocenters. The predicted octanol–water partition coefficient (Wildman–Crippen LogP) is 3.69. The molecule has 40 heavy (non-hydrogen) atoms. The van der Waals surface area contributed by atoms with Crippen LogP contribution in [-0.2, 0) is 27.2 Å². The Morgan fingerprint density at radius 2 is 1.70 bits per heavy atom. The number of ether oxygens (including phenoxy) is 1. The molecule has 2 amide bonds. The number of anilines is 3. The van der Waals surface area contributed by atoms with Gasteiger partial charge in [0.05, 0.1) is 18.5 Å². The van der Waals surface area contributed by atoms with Crippen molar-refractivity contribution in [2.75, 3.05) is 31.2 Å². The summed E-state index contributed by atoms with van der Waals surface area (Å²) in [7, 11) is 1.31. The van der Waals surface area contributed by atoms with Crippen LogP contribution in [0.2, 0.25) is 0 Å². The molecule has 0 saturated carbocycles. The first-order valence-corrected chi connectivity index (χ1v) is 12.7.